The molecule has 0 saturated heterocycles. The molecule has 1 amide bonds. The van der Waals surface area contributed by atoms with Crippen LogP contribution in [0.4, 0.5) is 11.4 Å². The summed E-state index contributed by atoms with van der Waals surface area (Å²) >= 11 is 0. The number of nitro benzene ring substituents is 1. The maximum Gasteiger partial charge on any atom is 0.293 e. The fourth-order valence-corrected chi connectivity index (χ4v) is 3.20. The third-order valence-electron chi connectivity index (χ3n) is 5.07. The molecule has 6 heteroatoms. The number of aryl methyl sites for hydroxylation is 2. The molecule has 0 aliphatic rings. The minimum absolute atomic E-state index is 0.0187. The molecular formula is C22H29N3O3. The fourth-order valence-electron chi connectivity index (χ4n) is 3.20. The van der Waals surface area contributed by atoms with Gasteiger partial charge in [0.2, 0.25) is 5.91 Å². The van der Waals surface area contributed by atoms with Gasteiger partial charge in [0.15, 0.2) is 0 Å². The summed E-state index contributed by atoms with van der Waals surface area (Å²) in [5.74, 6) is -0.0112. The highest BCUT2D eigenvalue weighted by molar-refractivity contribution is 5.95. The smallest absolute Gasteiger partial charge is 0.293 e. The van der Waals surface area contributed by atoms with Crippen LogP contribution in [-0.4, -0.2) is 17.4 Å². The van der Waals surface area contributed by atoms with Gasteiger partial charge in [0.05, 0.1) is 11.5 Å². The summed E-state index contributed by atoms with van der Waals surface area (Å²) in [6, 6.07) is 11.5. The molecule has 150 valence electrons. The quantitative estimate of drug-likeness (QED) is 0.511. The summed E-state index contributed by atoms with van der Waals surface area (Å²) in [4.78, 5) is 23.3. The number of nitro groups is 1. The maximum atomic E-state index is 12.5. The molecule has 0 radical (unpaired) electrons. The number of amides is 1. The average Bonchev–Trinajstić information content (AvgIpc) is 2.65. The van der Waals surface area contributed by atoms with E-state index in [0.29, 0.717) is 5.56 Å². The molecule has 0 spiro atoms. The van der Waals surface area contributed by atoms with Crippen molar-refractivity contribution in [2.24, 2.45) is 5.92 Å². The Morgan fingerprint density at radius 1 is 1.11 bits per heavy atom. The van der Waals surface area contributed by atoms with Crippen molar-refractivity contribution in [3.63, 3.8) is 0 Å². The van der Waals surface area contributed by atoms with Gasteiger partial charge in [0, 0.05) is 12.1 Å². The first kappa shape index (κ1) is 21.6. The molecule has 2 aromatic rings. The van der Waals surface area contributed by atoms with Gasteiger partial charge in [-0.1, -0.05) is 51.1 Å². The van der Waals surface area contributed by atoms with Gasteiger partial charge in [-0.25, -0.2) is 0 Å². The summed E-state index contributed by atoms with van der Waals surface area (Å²) in [6.45, 7) is 10.0. The molecule has 0 unspecified atom stereocenters. The summed E-state index contributed by atoms with van der Waals surface area (Å²) in [5.41, 5.74) is 4.17. The number of carbonyl (C=O) groups is 1. The molecule has 2 aromatic carbocycles. The minimum Gasteiger partial charge on any atom is -0.319 e. The zero-order valence-electron chi connectivity index (χ0n) is 17.2. The standard InChI is InChI=1S/C22H29N3O3/c1-6-17-8-10-18(11-9-17)21(14(2)3)23-13-20(26)24-22-16(5)15(4)7-12-19(22)25(27)28/h7-12,14,21,23H,6,13H2,1-5H3,(H,24,26)/t21-/m0/s1. The Labute approximate surface area is 166 Å². The van der Waals surface area contributed by atoms with E-state index < -0.39 is 4.92 Å². The molecule has 2 rings (SSSR count). The molecule has 0 fully saturated rings. The third kappa shape index (κ3) is 5.16. The van der Waals surface area contributed by atoms with Gasteiger partial charge >= 0.3 is 0 Å². The van der Waals surface area contributed by atoms with Crippen LogP contribution in [0.15, 0.2) is 36.4 Å². The van der Waals surface area contributed by atoms with E-state index in [-0.39, 0.29) is 35.8 Å². The van der Waals surface area contributed by atoms with Gasteiger partial charge < -0.3 is 10.6 Å². The predicted octanol–water partition coefficient (Wildman–Crippen LogP) is 4.70. The molecule has 0 aliphatic carbocycles. The minimum atomic E-state index is -0.471. The van der Waals surface area contributed by atoms with Gasteiger partial charge in [-0.05, 0) is 48.4 Å². The molecule has 6 nitrogen and oxygen atoms in total. The molecule has 0 aromatic heterocycles. The van der Waals surface area contributed by atoms with Crippen LogP contribution < -0.4 is 10.6 Å². The van der Waals surface area contributed by atoms with Crippen LogP contribution in [0, 0.1) is 29.9 Å². The lowest BCUT2D eigenvalue weighted by molar-refractivity contribution is -0.384. The summed E-state index contributed by atoms with van der Waals surface area (Å²) < 4.78 is 0. The first-order valence-corrected chi connectivity index (χ1v) is 9.61. The first-order chi connectivity index (χ1) is 13.2. The Kier molecular flexibility index (Phi) is 7.29. The second-order valence-corrected chi connectivity index (χ2v) is 7.40. The molecule has 2 N–H and O–H groups in total. The van der Waals surface area contributed by atoms with Crippen molar-refractivity contribution in [2.75, 3.05) is 11.9 Å². The van der Waals surface area contributed by atoms with Crippen molar-refractivity contribution in [1.29, 1.82) is 0 Å². The highest BCUT2D eigenvalue weighted by Gasteiger charge is 2.21. The topological polar surface area (TPSA) is 84.3 Å². The highest BCUT2D eigenvalue weighted by Crippen LogP contribution is 2.30. The van der Waals surface area contributed by atoms with E-state index in [9.17, 15) is 14.9 Å². The largest absolute Gasteiger partial charge is 0.319 e. The SMILES string of the molecule is CCc1ccc([C@@H](NCC(=O)Nc2c([N+](=O)[O-])ccc(C)c2C)C(C)C)cc1. The lowest BCUT2D eigenvalue weighted by atomic mass is 9.95. The van der Waals surface area contributed by atoms with E-state index in [1.54, 1.807) is 13.0 Å². The zero-order valence-corrected chi connectivity index (χ0v) is 17.2. The number of hydrogen-bond donors (Lipinski definition) is 2. The molecule has 28 heavy (non-hydrogen) atoms. The van der Waals surface area contributed by atoms with Crippen LogP contribution in [0.1, 0.15) is 49.1 Å². The van der Waals surface area contributed by atoms with Crippen molar-refractivity contribution >= 4 is 17.3 Å². The van der Waals surface area contributed by atoms with E-state index in [2.05, 4.69) is 55.7 Å². The van der Waals surface area contributed by atoms with Crippen molar-refractivity contribution < 1.29 is 9.72 Å². The Morgan fingerprint density at radius 2 is 1.75 bits per heavy atom. The second kappa shape index (κ2) is 9.46. The molecular weight excluding hydrogens is 354 g/mol. The first-order valence-electron chi connectivity index (χ1n) is 9.61. The Morgan fingerprint density at radius 3 is 2.29 bits per heavy atom. The second-order valence-electron chi connectivity index (χ2n) is 7.40. The monoisotopic (exact) mass is 383 g/mol. The van der Waals surface area contributed by atoms with Gasteiger partial charge in [-0.3, -0.25) is 14.9 Å². The van der Waals surface area contributed by atoms with Crippen LogP contribution >= 0.6 is 0 Å². The van der Waals surface area contributed by atoms with Crippen LogP contribution in [0.5, 0.6) is 0 Å². The van der Waals surface area contributed by atoms with Crippen LogP contribution in [-0.2, 0) is 11.2 Å². The van der Waals surface area contributed by atoms with Gasteiger partial charge in [-0.15, -0.1) is 0 Å². The van der Waals surface area contributed by atoms with Crippen molar-refractivity contribution in [1.82, 2.24) is 5.32 Å². The van der Waals surface area contributed by atoms with Gasteiger partial charge in [0.1, 0.15) is 5.69 Å². The lowest BCUT2D eigenvalue weighted by Crippen LogP contribution is -2.34. The van der Waals surface area contributed by atoms with Crippen LogP contribution in [0.3, 0.4) is 0 Å². The van der Waals surface area contributed by atoms with E-state index in [1.807, 2.05) is 6.92 Å². The Bertz CT molecular complexity index is 845. The van der Waals surface area contributed by atoms with Crippen LogP contribution in [0.25, 0.3) is 0 Å². The highest BCUT2D eigenvalue weighted by atomic mass is 16.6. The normalized spacial score (nSPS) is 12.1. The third-order valence-corrected chi connectivity index (χ3v) is 5.07. The molecule has 0 saturated carbocycles. The number of anilines is 1. The Balaban J connectivity index is 2.12. The maximum absolute atomic E-state index is 12.5. The number of benzene rings is 2. The van der Waals surface area contributed by atoms with E-state index >= 15 is 0 Å². The predicted molar refractivity (Wildman–Crippen MR) is 113 cm³/mol. The van der Waals surface area contributed by atoms with Crippen LogP contribution in [0.2, 0.25) is 0 Å². The van der Waals surface area contributed by atoms with Crippen molar-refractivity contribution in [3.8, 4) is 0 Å². The fraction of sp³-hybridized carbons (Fsp3) is 0.409. The average molecular weight is 383 g/mol. The van der Waals surface area contributed by atoms with E-state index in [0.717, 1.165) is 17.5 Å². The number of carbonyl (C=O) groups excluding carboxylic acids is 1. The van der Waals surface area contributed by atoms with E-state index in [4.69, 9.17) is 0 Å². The van der Waals surface area contributed by atoms with E-state index in [1.165, 1.54) is 11.6 Å². The van der Waals surface area contributed by atoms with Crippen molar-refractivity contribution in [2.45, 2.75) is 47.1 Å². The lowest BCUT2D eigenvalue weighted by Gasteiger charge is -2.23. The van der Waals surface area contributed by atoms with Crippen molar-refractivity contribution in [3.05, 3.63) is 68.8 Å². The number of nitrogens with zero attached hydrogens (tertiary/aromatic N) is 1. The molecule has 0 heterocycles. The zero-order chi connectivity index (χ0) is 20.8. The molecule has 1 atom stereocenters. The molecule has 0 aliphatic heterocycles. The Hall–Kier alpha value is -2.73. The molecule has 0 bridgehead atoms. The van der Waals surface area contributed by atoms with Gasteiger partial charge in [0.25, 0.3) is 5.69 Å². The summed E-state index contributed by atoms with van der Waals surface area (Å²) in [6.07, 6.45) is 0.983. The number of rotatable bonds is 8. The van der Waals surface area contributed by atoms with Gasteiger partial charge in [-0.2, -0.15) is 0 Å². The number of nitrogens with one attached hydrogen (secondary N) is 2. The summed E-state index contributed by atoms with van der Waals surface area (Å²) in [7, 11) is 0. The number of hydrogen-bond acceptors (Lipinski definition) is 4. The summed E-state index contributed by atoms with van der Waals surface area (Å²) in [5, 5.41) is 17.3.